The first-order chi connectivity index (χ1) is 10.8. The zero-order valence-corrected chi connectivity index (χ0v) is 12.4. The first-order valence-corrected chi connectivity index (χ1v) is 7.54. The van der Waals surface area contributed by atoms with Crippen LogP contribution in [0.25, 0.3) is 5.57 Å². The Morgan fingerprint density at radius 2 is 1.36 bits per heavy atom. The van der Waals surface area contributed by atoms with Gasteiger partial charge in [-0.2, -0.15) is 0 Å². The molecule has 0 aliphatic carbocycles. The summed E-state index contributed by atoms with van der Waals surface area (Å²) < 4.78 is 5.31. The van der Waals surface area contributed by atoms with Gasteiger partial charge >= 0.3 is 0 Å². The molecule has 0 radical (unpaired) electrons. The fourth-order valence-electron chi connectivity index (χ4n) is 2.57. The van der Waals surface area contributed by atoms with Gasteiger partial charge in [0, 0.05) is 19.2 Å². The zero-order chi connectivity index (χ0) is 15.2. The van der Waals surface area contributed by atoms with Crippen molar-refractivity contribution in [1.82, 2.24) is 4.90 Å². The lowest BCUT2D eigenvalue weighted by Crippen LogP contribution is -2.39. The van der Waals surface area contributed by atoms with Gasteiger partial charge in [-0.1, -0.05) is 60.7 Å². The molecule has 0 unspecified atom stereocenters. The molecule has 2 aromatic rings. The largest absolute Gasteiger partial charge is 0.378 e. The van der Waals surface area contributed by atoms with E-state index in [0.717, 1.165) is 16.7 Å². The number of carbonyl (C=O) groups excluding carboxylic acids is 1. The number of amides is 1. The Morgan fingerprint density at radius 3 is 1.86 bits per heavy atom. The molecule has 0 aromatic heterocycles. The van der Waals surface area contributed by atoms with Gasteiger partial charge in [0.1, 0.15) is 0 Å². The van der Waals surface area contributed by atoms with Gasteiger partial charge in [-0.05, 0) is 16.7 Å². The van der Waals surface area contributed by atoms with Crippen LogP contribution in [0.15, 0.2) is 66.7 Å². The molecular weight excluding hydrogens is 274 g/mol. The molecule has 2 aromatic carbocycles. The van der Waals surface area contributed by atoms with E-state index in [9.17, 15) is 4.79 Å². The van der Waals surface area contributed by atoms with Crippen LogP contribution >= 0.6 is 0 Å². The number of morpholine rings is 1. The minimum Gasteiger partial charge on any atom is -0.378 e. The molecular formula is C19H19NO2. The van der Waals surface area contributed by atoms with Gasteiger partial charge in [0.15, 0.2) is 0 Å². The van der Waals surface area contributed by atoms with Crippen LogP contribution in [0.2, 0.25) is 0 Å². The van der Waals surface area contributed by atoms with Gasteiger partial charge in [0.2, 0.25) is 5.91 Å². The van der Waals surface area contributed by atoms with Crippen molar-refractivity contribution in [1.29, 1.82) is 0 Å². The number of carbonyl (C=O) groups is 1. The summed E-state index contributed by atoms with van der Waals surface area (Å²) in [6.45, 7) is 2.55. The van der Waals surface area contributed by atoms with Crippen LogP contribution < -0.4 is 0 Å². The standard InChI is InChI=1S/C19H19NO2/c21-19(20-11-13-22-14-12-20)15-18(16-7-3-1-4-8-16)17-9-5-2-6-10-17/h1-10,15H,11-14H2. The number of nitrogens with zero attached hydrogens (tertiary/aromatic N) is 1. The Hall–Kier alpha value is -2.39. The molecule has 1 saturated heterocycles. The fourth-order valence-corrected chi connectivity index (χ4v) is 2.57. The third-order valence-electron chi connectivity index (χ3n) is 3.76. The molecule has 0 atom stereocenters. The molecule has 0 spiro atoms. The summed E-state index contributed by atoms with van der Waals surface area (Å²) in [6.07, 6.45) is 1.75. The molecule has 112 valence electrons. The van der Waals surface area contributed by atoms with Gasteiger partial charge in [0.05, 0.1) is 13.2 Å². The molecule has 3 heteroatoms. The number of ether oxygens (including phenoxy) is 1. The quantitative estimate of drug-likeness (QED) is 0.814. The maximum absolute atomic E-state index is 12.5. The lowest BCUT2D eigenvalue weighted by molar-refractivity contribution is -0.129. The Kier molecular flexibility index (Phi) is 4.66. The number of benzene rings is 2. The fraction of sp³-hybridized carbons (Fsp3) is 0.211. The van der Waals surface area contributed by atoms with Gasteiger partial charge in [-0.15, -0.1) is 0 Å². The van der Waals surface area contributed by atoms with Crippen molar-refractivity contribution in [2.75, 3.05) is 26.3 Å². The van der Waals surface area contributed by atoms with E-state index in [-0.39, 0.29) is 5.91 Å². The number of hydrogen-bond acceptors (Lipinski definition) is 2. The normalized spacial score (nSPS) is 14.5. The number of hydrogen-bond donors (Lipinski definition) is 0. The van der Waals surface area contributed by atoms with Gasteiger partial charge in [-0.3, -0.25) is 4.79 Å². The van der Waals surface area contributed by atoms with E-state index >= 15 is 0 Å². The smallest absolute Gasteiger partial charge is 0.247 e. The van der Waals surface area contributed by atoms with E-state index in [1.807, 2.05) is 65.6 Å². The maximum atomic E-state index is 12.5. The predicted molar refractivity (Wildman–Crippen MR) is 87.4 cm³/mol. The first-order valence-electron chi connectivity index (χ1n) is 7.54. The monoisotopic (exact) mass is 293 g/mol. The van der Waals surface area contributed by atoms with Crippen LogP contribution in [-0.2, 0) is 9.53 Å². The maximum Gasteiger partial charge on any atom is 0.247 e. The second-order valence-corrected chi connectivity index (χ2v) is 5.23. The SMILES string of the molecule is O=C(C=C(c1ccccc1)c1ccccc1)N1CCOCC1. The minimum absolute atomic E-state index is 0.0472. The van der Waals surface area contributed by atoms with E-state index in [1.165, 1.54) is 0 Å². The average Bonchev–Trinajstić information content (AvgIpc) is 2.62. The summed E-state index contributed by atoms with van der Waals surface area (Å²) in [4.78, 5) is 14.4. The molecule has 1 fully saturated rings. The predicted octanol–water partition coefficient (Wildman–Crippen LogP) is 2.98. The molecule has 1 heterocycles. The van der Waals surface area contributed by atoms with Crippen molar-refractivity contribution >= 4 is 11.5 Å². The second-order valence-electron chi connectivity index (χ2n) is 5.23. The molecule has 1 aliphatic rings. The van der Waals surface area contributed by atoms with E-state index < -0.39 is 0 Å². The van der Waals surface area contributed by atoms with Crippen LogP contribution in [0.3, 0.4) is 0 Å². The lowest BCUT2D eigenvalue weighted by Gasteiger charge is -2.26. The van der Waals surface area contributed by atoms with Gasteiger partial charge in [0.25, 0.3) is 0 Å². The van der Waals surface area contributed by atoms with Crippen LogP contribution in [-0.4, -0.2) is 37.1 Å². The van der Waals surface area contributed by atoms with Crippen molar-refractivity contribution in [2.24, 2.45) is 0 Å². The molecule has 3 nitrogen and oxygen atoms in total. The topological polar surface area (TPSA) is 29.5 Å². The molecule has 22 heavy (non-hydrogen) atoms. The van der Waals surface area contributed by atoms with Crippen LogP contribution in [0.1, 0.15) is 11.1 Å². The third-order valence-corrected chi connectivity index (χ3v) is 3.76. The van der Waals surface area contributed by atoms with Crippen molar-refractivity contribution < 1.29 is 9.53 Å². The summed E-state index contributed by atoms with van der Waals surface area (Å²) >= 11 is 0. The van der Waals surface area contributed by atoms with Crippen molar-refractivity contribution in [2.45, 2.75) is 0 Å². The molecule has 1 amide bonds. The Bertz CT molecular complexity index is 602. The van der Waals surface area contributed by atoms with E-state index in [4.69, 9.17) is 4.74 Å². The number of rotatable bonds is 3. The Labute approximate surface area is 130 Å². The van der Waals surface area contributed by atoms with Crippen LogP contribution in [0.5, 0.6) is 0 Å². The first kappa shape index (κ1) is 14.5. The van der Waals surface area contributed by atoms with Crippen molar-refractivity contribution in [3.63, 3.8) is 0 Å². The second kappa shape index (κ2) is 7.05. The summed E-state index contributed by atoms with van der Waals surface area (Å²) in [5.74, 6) is 0.0472. The summed E-state index contributed by atoms with van der Waals surface area (Å²) in [6, 6.07) is 20.1. The van der Waals surface area contributed by atoms with Crippen molar-refractivity contribution in [3.05, 3.63) is 77.9 Å². The highest BCUT2D eigenvalue weighted by Crippen LogP contribution is 2.23. The van der Waals surface area contributed by atoms with Crippen LogP contribution in [0.4, 0.5) is 0 Å². The zero-order valence-electron chi connectivity index (χ0n) is 12.4. The van der Waals surface area contributed by atoms with Gasteiger partial charge in [-0.25, -0.2) is 0 Å². The Morgan fingerprint density at radius 1 is 0.864 bits per heavy atom. The summed E-state index contributed by atoms with van der Waals surface area (Å²) in [5.41, 5.74) is 3.06. The van der Waals surface area contributed by atoms with E-state index in [1.54, 1.807) is 6.08 Å². The summed E-state index contributed by atoms with van der Waals surface area (Å²) in [5, 5.41) is 0. The van der Waals surface area contributed by atoms with Crippen molar-refractivity contribution in [3.8, 4) is 0 Å². The highest BCUT2D eigenvalue weighted by Gasteiger charge is 2.16. The molecule has 0 saturated carbocycles. The molecule has 0 N–H and O–H groups in total. The molecule has 3 rings (SSSR count). The van der Waals surface area contributed by atoms with Crippen LogP contribution in [0, 0.1) is 0 Å². The average molecular weight is 293 g/mol. The molecule has 0 bridgehead atoms. The highest BCUT2D eigenvalue weighted by atomic mass is 16.5. The minimum atomic E-state index is 0.0472. The Balaban J connectivity index is 1.94. The van der Waals surface area contributed by atoms with E-state index in [2.05, 4.69) is 0 Å². The summed E-state index contributed by atoms with van der Waals surface area (Å²) in [7, 11) is 0. The third kappa shape index (κ3) is 3.43. The lowest BCUT2D eigenvalue weighted by atomic mass is 9.97. The molecule has 1 aliphatic heterocycles. The van der Waals surface area contributed by atoms with Gasteiger partial charge < -0.3 is 9.64 Å². The highest BCUT2D eigenvalue weighted by molar-refractivity contribution is 5.99. The van der Waals surface area contributed by atoms with E-state index in [0.29, 0.717) is 26.3 Å².